The number of amides is 2. The van der Waals surface area contributed by atoms with Crippen LogP contribution in [-0.4, -0.2) is 53.8 Å². The molecule has 2 amide bonds. The number of carbonyl (C=O) groups is 2. The van der Waals surface area contributed by atoms with Crippen molar-refractivity contribution in [2.24, 2.45) is 5.92 Å². The fourth-order valence-electron chi connectivity index (χ4n) is 4.71. The van der Waals surface area contributed by atoms with Crippen molar-refractivity contribution in [2.75, 3.05) is 31.5 Å². The molecule has 1 aliphatic heterocycles. The van der Waals surface area contributed by atoms with E-state index in [2.05, 4.69) is 10.2 Å². The van der Waals surface area contributed by atoms with E-state index in [0.717, 1.165) is 25.7 Å². The highest BCUT2D eigenvalue weighted by Crippen LogP contribution is 2.32. The van der Waals surface area contributed by atoms with E-state index < -0.39 is 5.82 Å². The predicted octanol–water partition coefficient (Wildman–Crippen LogP) is 3.92. The number of benzene rings is 2. The van der Waals surface area contributed by atoms with E-state index in [1.807, 2.05) is 0 Å². The monoisotopic (exact) mass is 427 g/mol. The summed E-state index contributed by atoms with van der Waals surface area (Å²) in [5, 5.41) is 2.93. The van der Waals surface area contributed by atoms with E-state index in [-0.39, 0.29) is 35.2 Å². The minimum absolute atomic E-state index is 0.0809. The first-order valence-electron chi connectivity index (χ1n) is 10.9. The molecule has 1 saturated carbocycles. The molecular formula is C24H27F2N3O2. The Hall–Kier alpha value is -2.80. The summed E-state index contributed by atoms with van der Waals surface area (Å²) < 4.78 is 27.2. The zero-order valence-corrected chi connectivity index (χ0v) is 17.4. The van der Waals surface area contributed by atoms with Crippen molar-refractivity contribution in [1.82, 2.24) is 9.80 Å². The molecule has 0 aromatic heterocycles. The molecule has 31 heavy (non-hydrogen) atoms. The maximum Gasteiger partial charge on any atom is 0.256 e. The van der Waals surface area contributed by atoms with Gasteiger partial charge < -0.3 is 10.2 Å². The number of anilines is 1. The van der Waals surface area contributed by atoms with Gasteiger partial charge in [0.05, 0.1) is 11.6 Å². The smallest absolute Gasteiger partial charge is 0.256 e. The number of nitrogens with one attached hydrogen (secondary N) is 1. The van der Waals surface area contributed by atoms with Crippen LogP contribution in [0.4, 0.5) is 14.5 Å². The van der Waals surface area contributed by atoms with Crippen LogP contribution in [0, 0.1) is 17.6 Å². The summed E-state index contributed by atoms with van der Waals surface area (Å²) >= 11 is 0. The Kier molecular flexibility index (Phi) is 6.61. The van der Waals surface area contributed by atoms with Crippen LogP contribution in [0.1, 0.15) is 36.0 Å². The van der Waals surface area contributed by atoms with Crippen LogP contribution in [-0.2, 0) is 4.79 Å². The molecule has 164 valence electrons. The third-order valence-corrected chi connectivity index (χ3v) is 6.33. The molecule has 2 aliphatic rings. The van der Waals surface area contributed by atoms with Crippen LogP contribution in [0.25, 0.3) is 0 Å². The van der Waals surface area contributed by atoms with E-state index in [0.29, 0.717) is 31.9 Å². The van der Waals surface area contributed by atoms with Gasteiger partial charge in [-0.2, -0.15) is 0 Å². The Balaban J connectivity index is 1.43. The van der Waals surface area contributed by atoms with E-state index in [4.69, 9.17) is 0 Å². The second kappa shape index (κ2) is 9.56. The first kappa shape index (κ1) is 21.4. The highest BCUT2D eigenvalue weighted by Gasteiger charge is 2.37. The fourth-order valence-corrected chi connectivity index (χ4v) is 4.71. The molecule has 1 N–H and O–H groups in total. The summed E-state index contributed by atoms with van der Waals surface area (Å²) in [4.78, 5) is 29.7. The topological polar surface area (TPSA) is 52.7 Å². The molecule has 1 saturated heterocycles. The summed E-state index contributed by atoms with van der Waals surface area (Å²) in [6.45, 7) is 2.00. The van der Waals surface area contributed by atoms with Gasteiger partial charge in [0.2, 0.25) is 5.91 Å². The van der Waals surface area contributed by atoms with Crippen molar-refractivity contribution >= 4 is 17.5 Å². The molecule has 2 fully saturated rings. The van der Waals surface area contributed by atoms with Crippen molar-refractivity contribution in [2.45, 2.75) is 31.7 Å². The first-order chi connectivity index (χ1) is 15.0. The lowest BCUT2D eigenvalue weighted by molar-refractivity contribution is -0.123. The molecule has 7 heteroatoms. The van der Waals surface area contributed by atoms with Crippen LogP contribution < -0.4 is 5.32 Å². The van der Waals surface area contributed by atoms with Crippen LogP contribution >= 0.6 is 0 Å². The van der Waals surface area contributed by atoms with E-state index >= 15 is 0 Å². The summed E-state index contributed by atoms with van der Waals surface area (Å²) in [5.74, 6) is -1.01. The van der Waals surface area contributed by atoms with Gasteiger partial charge in [-0.15, -0.1) is 0 Å². The number of carbonyl (C=O) groups excluding carboxylic acids is 2. The average Bonchev–Trinajstić information content (AvgIpc) is 3.30. The summed E-state index contributed by atoms with van der Waals surface area (Å²) in [6, 6.07) is 11.5. The Bertz CT molecular complexity index is 921. The normalized spacial score (nSPS) is 18.7. The predicted molar refractivity (Wildman–Crippen MR) is 115 cm³/mol. The van der Waals surface area contributed by atoms with E-state index in [9.17, 15) is 18.4 Å². The Morgan fingerprint density at radius 3 is 2.19 bits per heavy atom. The fraction of sp³-hybridized carbons (Fsp3) is 0.417. The SMILES string of the molecule is O=C(Nc1ccc(F)cc1)[C@@H](C1CCCC1)N1CCN(C(=O)c2ccccc2F)CC1. The van der Waals surface area contributed by atoms with Gasteiger partial charge >= 0.3 is 0 Å². The maximum atomic E-state index is 14.0. The number of hydrogen-bond donors (Lipinski definition) is 1. The molecule has 1 aliphatic carbocycles. The largest absolute Gasteiger partial charge is 0.336 e. The van der Waals surface area contributed by atoms with E-state index in [1.54, 1.807) is 29.2 Å². The number of rotatable bonds is 5. The molecule has 0 bridgehead atoms. The van der Waals surface area contributed by atoms with Crippen LogP contribution in [0.5, 0.6) is 0 Å². The molecule has 0 spiro atoms. The van der Waals surface area contributed by atoms with Crippen molar-refractivity contribution in [3.63, 3.8) is 0 Å². The van der Waals surface area contributed by atoms with Crippen LogP contribution in [0.15, 0.2) is 48.5 Å². The lowest BCUT2D eigenvalue weighted by Crippen LogP contribution is -2.57. The molecule has 0 radical (unpaired) electrons. The highest BCUT2D eigenvalue weighted by atomic mass is 19.1. The van der Waals surface area contributed by atoms with Crippen molar-refractivity contribution in [1.29, 1.82) is 0 Å². The molecule has 5 nitrogen and oxygen atoms in total. The molecule has 2 aromatic rings. The first-order valence-corrected chi connectivity index (χ1v) is 10.9. The minimum Gasteiger partial charge on any atom is -0.336 e. The van der Waals surface area contributed by atoms with Crippen LogP contribution in [0.2, 0.25) is 0 Å². The summed E-state index contributed by atoms with van der Waals surface area (Å²) in [6.07, 6.45) is 4.21. The number of piperazine rings is 1. The van der Waals surface area contributed by atoms with Gasteiger partial charge in [-0.1, -0.05) is 25.0 Å². The van der Waals surface area contributed by atoms with Gasteiger partial charge in [0, 0.05) is 31.9 Å². The third kappa shape index (κ3) is 4.93. The second-order valence-corrected chi connectivity index (χ2v) is 8.29. The zero-order valence-electron chi connectivity index (χ0n) is 17.4. The second-order valence-electron chi connectivity index (χ2n) is 8.29. The Labute approximate surface area is 181 Å². The third-order valence-electron chi connectivity index (χ3n) is 6.33. The Morgan fingerprint density at radius 1 is 0.903 bits per heavy atom. The van der Waals surface area contributed by atoms with Crippen molar-refractivity contribution < 1.29 is 18.4 Å². The van der Waals surface area contributed by atoms with Gasteiger partial charge in [-0.05, 0) is 55.2 Å². The molecule has 4 rings (SSSR count). The van der Waals surface area contributed by atoms with Gasteiger partial charge in [0.25, 0.3) is 5.91 Å². The van der Waals surface area contributed by atoms with Gasteiger partial charge in [-0.3, -0.25) is 14.5 Å². The minimum atomic E-state index is -0.516. The highest BCUT2D eigenvalue weighted by molar-refractivity contribution is 5.95. The summed E-state index contributed by atoms with van der Waals surface area (Å²) in [7, 11) is 0. The lowest BCUT2D eigenvalue weighted by atomic mass is 9.94. The van der Waals surface area contributed by atoms with Crippen molar-refractivity contribution in [3.8, 4) is 0 Å². The molecule has 1 atom stereocenters. The average molecular weight is 427 g/mol. The number of halogens is 2. The van der Waals surface area contributed by atoms with Gasteiger partial charge in [0.15, 0.2) is 0 Å². The van der Waals surface area contributed by atoms with E-state index in [1.165, 1.54) is 24.3 Å². The number of nitrogens with zero attached hydrogens (tertiary/aromatic N) is 2. The summed E-state index contributed by atoms with van der Waals surface area (Å²) in [5.41, 5.74) is 0.653. The lowest BCUT2D eigenvalue weighted by Gasteiger charge is -2.40. The van der Waals surface area contributed by atoms with Crippen LogP contribution in [0.3, 0.4) is 0 Å². The maximum absolute atomic E-state index is 14.0. The Morgan fingerprint density at radius 2 is 1.55 bits per heavy atom. The molecule has 0 unspecified atom stereocenters. The van der Waals surface area contributed by atoms with Gasteiger partial charge in [-0.25, -0.2) is 8.78 Å². The van der Waals surface area contributed by atoms with Crippen molar-refractivity contribution in [3.05, 3.63) is 65.7 Å². The standard InChI is InChI=1S/C24H27F2N3O2/c25-18-9-11-19(12-10-18)27-23(30)22(17-5-1-2-6-17)28-13-15-29(16-14-28)24(31)20-7-3-4-8-21(20)26/h3-4,7-12,17,22H,1-2,5-6,13-16H2,(H,27,30)/t22-/m1/s1. The zero-order chi connectivity index (χ0) is 21.8. The molecule has 1 heterocycles. The van der Waals surface area contributed by atoms with Gasteiger partial charge in [0.1, 0.15) is 11.6 Å². The quantitative estimate of drug-likeness (QED) is 0.787. The molecule has 2 aromatic carbocycles. The number of hydrogen-bond acceptors (Lipinski definition) is 3. The molecular weight excluding hydrogens is 400 g/mol.